The van der Waals surface area contributed by atoms with Gasteiger partial charge in [-0.15, -0.1) is 0 Å². The fourth-order valence-corrected chi connectivity index (χ4v) is 4.03. The van der Waals surface area contributed by atoms with Crippen molar-refractivity contribution < 1.29 is 13.2 Å². The Hall–Kier alpha value is -1.97. The molecule has 0 amide bonds. The number of nitrogens with one attached hydrogen (secondary N) is 1. The number of sulfonamides is 1. The Labute approximate surface area is 164 Å². The first kappa shape index (κ1) is 19.8. The summed E-state index contributed by atoms with van der Waals surface area (Å²) < 4.78 is 32.7. The predicted molar refractivity (Wildman–Crippen MR) is 103 cm³/mol. The number of rotatable bonds is 6. The summed E-state index contributed by atoms with van der Waals surface area (Å²) in [5.41, 5.74) is 0.809. The molecule has 1 aromatic carbocycles. The van der Waals surface area contributed by atoms with Crippen LogP contribution < -0.4 is 14.4 Å². The molecule has 0 atom stereocenters. The second kappa shape index (κ2) is 8.37. The lowest BCUT2D eigenvalue weighted by Gasteiger charge is -2.26. The molecule has 1 aromatic heterocycles. The summed E-state index contributed by atoms with van der Waals surface area (Å²) in [5, 5.41) is 0.395. The Morgan fingerprint density at radius 2 is 1.93 bits per heavy atom. The average molecular weight is 412 g/mol. The maximum absolute atomic E-state index is 12.5. The molecule has 1 aliphatic heterocycles. The minimum absolute atomic E-state index is 0.0758. The van der Waals surface area contributed by atoms with E-state index in [0.29, 0.717) is 16.8 Å². The number of aryl methyl sites for hydroxylation is 1. The molecule has 2 heterocycles. The van der Waals surface area contributed by atoms with Crippen LogP contribution in [-0.4, -0.2) is 43.6 Å². The molecule has 8 nitrogen and oxygen atoms in total. The molecule has 1 saturated heterocycles. The number of methoxy groups -OCH3 is 1. The molecule has 2 aromatic rings. The third kappa shape index (κ3) is 4.85. The van der Waals surface area contributed by atoms with Crippen molar-refractivity contribution in [3.63, 3.8) is 0 Å². The summed E-state index contributed by atoms with van der Waals surface area (Å²) in [4.78, 5) is 15.0. The molecule has 3 rings (SSSR count). The number of aromatic nitrogens is 3. The van der Waals surface area contributed by atoms with Crippen molar-refractivity contribution >= 4 is 27.6 Å². The van der Waals surface area contributed by atoms with Crippen molar-refractivity contribution in [1.82, 2.24) is 19.7 Å². The van der Waals surface area contributed by atoms with Crippen LogP contribution in [0, 0.1) is 6.92 Å². The van der Waals surface area contributed by atoms with Gasteiger partial charge in [-0.25, -0.2) is 13.1 Å². The van der Waals surface area contributed by atoms with Gasteiger partial charge in [0.25, 0.3) is 0 Å². The van der Waals surface area contributed by atoms with E-state index < -0.39 is 10.0 Å². The summed E-state index contributed by atoms with van der Waals surface area (Å²) >= 11 is 6.04. The highest BCUT2D eigenvalue weighted by Gasteiger charge is 2.19. The summed E-state index contributed by atoms with van der Waals surface area (Å²) in [6, 6.07) is 4.76. The number of hydrogen-bond acceptors (Lipinski definition) is 7. The number of benzene rings is 1. The maximum atomic E-state index is 12.5. The molecule has 0 spiro atoms. The third-order valence-corrected chi connectivity index (χ3v) is 6.15. The highest BCUT2D eigenvalue weighted by Crippen LogP contribution is 2.21. The van der Waals surface area contributed by atoms with E-state index in [0.717, 1.165) is 31.5 Å². The van der Waals surface area contributed by atoms with Gasteiger partial charge < -0.3 is 9.64 Å². The smallest absolute Gasteiger partial charge is 0.321 e. The normalized spacial score (nSPS) is 15.0. The maximum Gasteiger partial charge on any atom is 0.321 e. The second-order valence-electron chi connectivity index (χ2n) is 6.32. The van der Waals surface area contributed by atoms with Gasteiger partial charge in [0.1, 0.15) is 0 Å². The van der Waals surface area contributed by atoms with Crippen LogP contribution in [0.5, 0.6) is 6.01 Å². The lowest BCUT2D eigenvalue weighted by atomic mass is 10.1. The van der Waals surface area contributed by atoms with Gasteiger partial charge in [0, 0.05) is 18.1 Å². The Morgan fingerprint density at radius 3 is 2.59 bits per heavy atom. The van der Waals surface area contributed by atoms with Gasteiger partial charge in [0.2, 0.25) is 16.0 Å². The molecule has 1 fully saturated rings. The van der Waals surface area contributed by atoms with Crippen LogP contribution >= 0.6 is 11.6 Å². The van der Waals surface area contributed by atoms with Crippen LogP contribution in [0.15, 0.2) is 23.1 Å². The van der Waals surface area contributed by atoms with Crippen molar-refractivity contribution in [3.05, 3.63) is 34.6 Å². The molecular weight excluding hydrogens is 390 g/mol. The van der Waals surface area contributed by atoms with Crippen molar-refractivity contribution in [2.45, 2.75) is 37.6 Å². The van der Waals surface area contributed by atoms with E-state index in [1.54, 1.807) is 6.07 Å². The first-order valence-electron chi connectivity index (χ1n) is 8.69. The first-order valence-corrected chi connectivity index (χ1v) is 10.5. The number of ether oxygens (including phenoxy) is 1. The Bertz CT molecular complexity index is 917. The van der Waals surface area contributed by atoms with E-state index in [2.05, 4.69) is 24.6 Å². The lowest BCUT2D eigenvalue weighted by molar-refractivity contribution is 0.374. The SMILES string of the molecule is COc1nc(CNS(=O)(=O)c2ccc(C)c(Cl)c2)nc(N2CCCCC2)n1. The monoisotopic (exact) mass is 411 g/mol. The van der Waals surface area contributed by atoms with Crippen LogP contribution in [0.4, 0.5) is 5.95 Å². The van der Waals surface area contributed by atoms with Crippen LogP contribution in [0.1, 0.15) is 30.7 Å². The fourth-order valence-electron chi connectivity index (χ4n) is 2.78. The number of hydrogen-bond donors (Lipinski definition) is 1. The third-order valence-electron chi connectivity index (χ3n) is 4.34. The zero-order chi connectivity index (χ0) is 19.4. The molecule has 0 unspecified atom stereocenters. The minimum Gasteiger partial charge on any atom is -0.467 e. The topological polar surface area (TPSA) is 97.3 Å². The molecule has 10 heteroatoms. The van der Waals surface area contributed by atoms with E-state index in [-0.39, 0.29) is 17.5 Å². The average Bonchev–Trinajstić information content (AvgIpc) is 2.69. The van der Waals surface area contributed by atoms with E-state index >= 15 is 0 Å². The van der Waals surface area contributed by atoms with Crippen LogP contribution in [0.2, 0.25) is 5.02 Å². The van der Waals surface area contributed by atoms with Crippen molar-refractivity contribution in [2.24, 2.45) is 0 Å². The Kier molecular flexibility index (Phi) is 6.13. The quantitative estimate of drug-likeness (QED) is 0.778. The highest BCUT2D eigenvalue weighted by atomic mass is 35.5. The Morgan fingerprint density at radius 1 is 1.19 bits per heavy atom. The van der Waals surface area contributed by atoms with Gasteiger partial charge in [-0.2, -0.15) is 15.0 Å². The van der Waals surface area contributed by atoms with Crippen LogP contribution in [-0.2, 0) is 16.6 Å². The van der Waals surface area contributed by atoms with Gasteiger partial charge >= 0.3 is 6.01 Å². The standard InChI is InChI=1S/C17H22ClN5O3S/c1-12-6-7-13(10-14(12)18)27(24,25)19-11-15-20-16(22-17(21-15)26-2)23-8-4-3-5-9-23/h6-7,10,19H,3-5,8-9,11H2,1-2H3. The van der Waals surface area contributed by atoms with Crippen molar-refractivity contribution in [1.29, 1.82) is 0 Å². The van der Waals surface area contributed by atoms with E-state index in [4.69, 9.17) is 16.3 Å². The van der Waals surface area contributed by atoms with Crippen LogP contribution in [0.25, 0.3) is 0 Å². The second-order valence-corrected chi connectivity index (χ2v) is 8.50. The number of nitrogens with zero attached hydrogens (tertiary/aromatic N) is 4. The molecule has 0 aliphatic carbocycles. The molecule has 27 heavy (non-hydrogen) atoms. The van der Waals surface area contributed by atoms with Gasteiger partial charge in [-0.05, 0) is 43.9 Å². The summed E-state index contributed by atoms with van der Waals surface area (Å²) in [7, 11) is -2.27. The fraction of sp³-hybridized carbons (Fsp3) is 0.471. The molecule has 1 aliphatic rings. The molecule has 0 bridgehead atoms. The summed E-state index contributed by atoms with van der Waals surface area (Å²) in [6.45, 7) is 3.46. The predicted octanol–water partition coefficient (Wildman–Crippen LogP) is 2.31. The Balaban J connectivity index is 1.79. The van der Waals surface area contributed by atoms with Crippen molar-refractivity contribution in [2.75, 3.05) is 25.1 Å². The van der Waals surface area contributed by atoms with Crippen LogP contribution in [0.3, 0.4) is 0 Å². The zero-order valence-corrected chi connectivity index (χ0v) is 16.8. The summed E-state index contributed by atoms with van der Waals surface area (Å²) in [5.74, 6) is 0.804. The zero-order valence-electron chi connectivity index (χ0n) is 15.3. The van der Waals surface area contributed by atoms with Gasteiger partial charge in [-0.3, -0.25) is 0 Å². The molecule has 146 valence electrons. The minimum atomic E-state index is -3.74. The van der Waals surface area contributed by atoms with Gasteiger partial charge in [0.05, 0.1) is 18.6 Å². The van der Waals surface area contributed by atoms with E-state index in [1.165, 1.54) is 25.7 Å². The van der Waals surface area contributed by atoms with E-state index in [1.807, 2.05) is 6.92 Å². The molecule has 0 radical (unpaired) electrons. The lowest BCUT2D eigenvalue weighted by Crippen LogP contribution is -2.32. The first-order chi connectivity index (χ1) is 12.9. The van der Waals surface area contributed by atoms with Gasteiger partial charge in [-0.1, -0.05) is 17.7 Å². The number of piperidine rings is 1. The largest absolute Gasteiger partial charge is 0.467 e. The number of halogens is 1. The van der Waals surface area contributed by atoms with Gasteiger partial charge in [0.15, 0.2) is 5.82 Å². The number of anilines is 1. The highest BCUT2D eigenvalue weighted by molar-refractivity contribution is 7.89. The van der Waals surface area contributed by atoms with Crippen molar-refractivity contribution in [3.8, 4) is 6.01 Å². The molecule has 0 saturated carbocycles. The summed E-state index contributed by atoms with van der Waals surface area (Å²) in [6.07, 6.45) is 3.33. The molecular formula is C17H22ClN5O3S. The van der Waals surface area contributed by atoms with E-state index in [9.17, 15) is 8.42 Å². The molecule has 1 N–H and O–H groups in total.